The summed E-state index contributed by atoms with van der Waals surface area (Å²) in [5, 5.41) is 2.77. The van der Waals surface area contributed by atoms with Gasteiger partial charge in [0, 0.05) is 17.6 Å². The number of carbonyl (C=O) groups excluding carboxylic acids is 2. The maximum Gasteiger partial charge on any atom is 0.264 e. The van der Waals surface area contributed by atoms with Gasteiger partial charge >= 0.3 is 0 Å². The Morgan fingerprint density at radius 2 is 1.53 bits per heavy atom. The number of hydrogen-bond donors (Lipinski definition) is 1. The summed E-state index contributed by atoms with van der Waals surface area (Å²) in [4.78, 5) is 28.2. The summed E-state index contributed by atoms with van der Waals surface area (Å²) in [6.07, 6.45) is 0. The van der Waals surface area contributed by atoms with Crippen LogP contribution in [0.3, 0.4) is 0 Å². The molecule has 1 atom stereocenters. The molecule has 2 amide bonds. The van der Waals surface area contributed by atoms with Gasteiger partial charge in [-0.2, -0.15) is 0 Å². The smallest absolute Gasteiger partial charge is 0.264 e. The quantitative estimate of drug-likeness (QED) is 0.350. The molecule has 0 aromatic heterocycles. The number of nitrogens with one attached hydrogen (secondary N) is 1. The number of anilines is 1. The summed E-state index contributed by atoms with van der Waals surface area (Å²) in [7, 11) is -4.09. The Balaban J connectivity index is 2.07. The molecule has 0 unspecified atom stereocenters. The van der Waals surface area contributed by atoms with Crippen LogP contribution in [-0.2, 0) is 26.2 Å². The maximum absolute atomic E-state index is 13.9. The highest BCUT2D eigenvalue weighted by molar-refractivity contribution is 9.10. The molecule has 7 nitrogen and oxygen atoms in total. The lowest BCUT2D eigenvalue weighted by Crippen LogP contribution is -2.51. The maximum atomic E-state index is 13.9. The molecule has 0 saturated heterocycles. The van der Waals surface area contributed by atoms with Crippen LogP contribution < -0.4 is 9.62 Å². The summed E-state index contributed by atoms with van der Waals surface area (Å²) in [6, 6.07) is 18.7. The van der Waals surface area contributed by atoms with Gasteiger partial charge in [-0.3, -0.25) is 13.9 Å². The number of hydrogen-bond acceptors (Lipinski definition) is 4. The number of sulfonamides is 1. The Bertz CT molecular complexity index is 1390. The van der Waals surface area contributed by atoms with Crippen LogP contribution in [0.2, 0.25) is 0 Å². The minimum Gasteiger partial charge on any atom is -0.355 e. The van der Waals surface area contributed by atoms with Gasteiger partial charge in [-0.1, -0.05) is 57.9 Å². The van der Waals surface area contributed by atoms with E-state index in [2.05, 4.69) is 21.2 Å². The molecule has 0 saturated carbocycles. The van der Waals surface area contributed by atoms with Gasteiger partial charge in [0.25, 0.3) is 10.0 Å². The third kappa shape index (κ3) is 7.02. The van der Waals surface area contributed by atoms with Crippen LogP contribution in [0.1, 0.15) is 36.1 Å². The minimum absolute atomic E-state index is 0.0908. The van der Waals surface area contributed by atoms with Crippen molar-refractivity contribution >= 4 is 43.5 Å². The molecule has 0 spiro atoms. The zero-order chi connectivity index (χ0) is 28.0. The molecule has 0 heterocycles. The van der Waals surface area contributed by atoms with Crippen molar-refractivity contribution in [3.05, 3.63) is 93.5 Å². The fourth-order valence-electron chi connectivity index (χ4n) is 4.03. The largest absolute Gasteiger partial charge is 0.355 e. The first kappa shape index (κ1) is 29.4. The molecule has 0 bridgehead atoms. The highest BCUT2D eigenvalue weighted by Crippen LogP contribution is 2.29. The standard InChI is InChI=1S/C29H34BrN3O4S/c1-6-31-29(35)23(5)32(18-24-11-13-25(30)14-12-24)28(34)19-33(27-17-21(3)7-10-22(27)4)38(36,37)26-15-8-20(2)9-16-26/h7-17,23H,6,18-19H2,1-5H3,(H,31,35)/t23-/m0/s1. The average molecular weight is 601 g/mol. The van der Waals surface area contributed by atoms with Gasteiger partial charge in [-0.05, 0) is 81.6 Å². The first-order valence-electron chi connectivity index (χ1n) is 12.4. The topological polar surface area (TPSA) is 86.8 Å². The first-order valence-corrected chi connectivity index (χ1v) is 14.7. The SMILES string of the molecule is CCNC(=O)[C@H](C)N(Cc1ccc(Br)cc1)C(=O)CN(c1cc(C)ccc1C)S(=O)(=O)c1ccc(C)cc1. The summed E-state index contributed by atoms with van der Waals surface area (Å²) >= 11 is 3.41. The van der Waals surface area contributed by atoms with E-state index in [1.165, 1.54) is 4.90 Å². The molecule has 38 heavy (non-hydrogen) atoms. The lowest BCUT2D eigenvalue weighted by Gasteiger charge is -2.32. The fourth-order valence-corrected chi connectivity index (χ4v) is 5.76. The Morgan fingerprint density at radius 1 is 0.921 bits per heavy atom. The second-order valence-corrected chi connectivity index (χ2v) is 12.1. The molecule has 0 aliphatic heterocycles. The van der Waals surface area contributed by atoms with Crippen molar-refractivity contribution in [2.75, 3.05) is 17.4 Å². The molecule has 9 heteroatoms. The molecule has 202 valence electrons. The van der Waals surface area contributed by atoms with Crippen LogP contribution in [0, 0.1) is 20.8 Å². The van der Waals surface area contributed by atoms with Gasteiger partial charge in [-0.25, -0.2) is 8.42 Å². The van der Waals surface area contributed by atoms with Crippen molar-refractivity contribution < 1.29 is 18.0 Å². The summed E-state index contributed by atoms with van der Waals surface area (Å²) in [6.45, 7) is 9.13. The van der Waals surface area contributed by atoms with Crippen LogP contribution in [0.25, 0.3) is 0 Å². The molecular formula is C29H34BrN3O4S. The lowest BCUT2D eigenvalue weighted by atomic mass is 10.1. The highest BCUT2D eigenvalue weighted by atomic mass is 79.9. The molecule has 0 aliphatic carbocycles. The Labute approximate surface area is 234 Å². The third-order valence-corrected chi connectivity index (χ3v) is 8.61. The number of halogens is 1. The van der Waals surface area contributed by atoms with Crippen LogP contribution in [-0.4, -0.2) is 44.3 Å². The zero-order valence-corrected chi connectivity index (χ0v) is 24.8. The molecule has 3 aromatic rings. The molecule has 1 N–H and O–H groups in total. The van der Waals surface area contributed by atoms with Gasteiger partial charge < -0.3 is 10.2 Å². The summed E-state index contributed by atoms with van der Waals surface area (Å²) in [5.74, 6) is -0.791. The number of benzene rings is 3. The van der Waals surface area contributed by atoms with E-state index in [1.807, 2.05) is 64.1 Å². The summed E-state index contributed by atoms with van der Waals surface area (Å²) in [5.41, 5.74) is 3.75. The van der Waals surface area contributed by atoms with E-state index in [0.717, 1.165) is 31.0 Å². The van der Waals surface area contributed by atoms with Gasteiger partial charge in [0.05, 0.1) is 10.6 Å². The van der Waals surface area contributed by atoms with Crippen LogP contribution >= 0.6 is 15.9 Å². The molecule has 0 aliphatic rings. The normalized spacial score (nSPS) is 12.1. The van der Waals surface area contributed by atoms with Crippen molar-refractivity contribution in [2.45, 2.75) is 52.1 Å². The Morgan fingerprint density at radius 3 is 2.13 bits per heavy atom. The number of amides is 2. The van der Waals surface area contributed by atoms with Crippen LogP contribution in [0.4, 0.5) is 5.69 Å². The van der Waals surface area contributed by atoms with E-state index >= 15 is 0 Å². The van der Waals surface area contributed by atoms with Crippen molar-refractivity contribution in [2.24, 2.45) is 0 Å². The zero-order valence-electron chi connectivity index (χ0n) is 22.4. The Hall–Kier alpha value is -3.17. The van der Waals surface area contributed by atoms with E-state index in [1.54, 1.807) is 37.3 Å². The second-order valence-electron chi connectivity index (χ2n) is 9.33. The molecule has 0 radical (unpaired) electrons. The number of aryl methyl sites for hydroxylation is 3. The van der Waals surface area contributed by atoms with E-state index in [-0.39, 0.29) is 17.3 Å². The molecule has 0 fully saturated rings. The number of likely N-dealkylation sites (N-methyl/N-ethyl adjacent to an activating group) is 1. The van der Waals surface area contributed by atoms with Crippen molar-refractivity contribution in [3.8, 4) is 0 Å². The predicted molar refractivity (Wildman–Crippen MR) is 154 cm³/mol. The monoisotopic (exact) mass is 599 g/mol. The van der Waals surface area contributed by atoms with Crippen LogP contribution in [0.5, 0.6) is 0 Å². The van der Waals surface area contributed by atoms with E-state index in [0.29, 0.717) is 12.2 Å². The van der Waals surface area contributed by atoms with Gasteiger partial charge in [0.15, 0.2) is 0 Å². The third-order valence-electron chi connectivity index (χ3n) is 6.31. The Kier molecular flexibility index (Phi) is 9.73. The number of carbonyl (C=O) groups is 2. The van der Waals surface area contributed by atoms with Crippen molar-refractivity contribution in [1.29, 1.82) is 0 Å². The van der Waals surface area contributed by atoms with Gasteiger partial charge in [0.2, 0.25) is 11.8 Å². The fraction of sp³-hybridized carbons (Fsp3) is 0.310. The number of nitrogens with zero attached hydrogens (tertiary/aromatic N) is 2. The average Bonchev–Trinajstić information content (AvgIpc) is 2.88. The molecule has 3 aromatic carbocycles. The van der Waals surface area contributed by atoms with Crippen molar-refractivity contribution in [1.82, 2.24) is 10.2 Å². The van der Waals surface area contributed by atoms with Gasteiger partial charge in [-0.15, -0.1) is 0 Å². The van der Waals surface area contributed by atoms with Crippen LogP contribution in [0.15, 0.2) is 76.1 Å². The molecular weight excluding hydrogens is 566 g/mol. The van der Waals surface area contributed by atoms with E-state index in [9.17, 15) is 18.0 Å². The highest BCUT2D eigenvalue weighted by Gasteiger charge is 2.33. The van der Waals surface area contributed by atoms with E-state index < -0.39 is 28.5 Å². The first-order chi connectivity index (χ1) is 17.9. The van der Waals surface area contributed by atoms with Gasteiger partial charge in [0.1, 0.15) is 12.6 Å². The summed E-state index contributed by atoms with van der Waals surface area (Å²) < 4.78 is 29.9. The second kappa shape index (κ2) is 12.6. The lowest BCUT2D eigenvalue weighted by molar-refractivity contribution is -0.139. The van der Waals surface area contributed by atoms with E-state index in [4.69, 9.17) is 0 Å². The predicted octanol–water partition coefficient (Wildman–Crippen LogP) is 5.12. The van der Waals surface area contributed by atoms with Crippen molar-refractivity contribution in [3.63, 3.8) is 0 Å². The molecule has 3 rings (SSSR count). The minimum atomic E-state index is -4.09. The number of rotatable bonds is 10.